The predicted molar refractivity (Wildman–Crippen MR) is 69.0 cm³/mol. The lowest BCUT2D eigenvalue weighted by Gasteiger charge is -2.09. The van der Waals surface area contributed by atoms with Gasteiger partial charge in [0.1, 0.15) is 17.4 Å². The summed E-state index contributed by atoms with van der Waals surface area (Å²) < 4.78 is 18.9. The maximum atomic E-state index is 13.5. The Bertz CT molecular complexity index is 691. The minimum atomic E-state index is -0.982. The minimum absolute atomic E-state index is 0.0914. The molecule has 0 aliphatic heterocycles. The van der Waals surface area contributed by atoms with Crippen LogP contribution >= 0.6 is 0 Å². The summed E-state index contributed by atoms with van der Waals surface area (Å²) in [4.78, 5) is 17.7. The van der Waals surface area contributed by atoms with Crippen LogP contribution in [0.25, 0.3) is 0 Å². The first-order valence-electron chi connectivity index (χ1n) is 5.61. The van der Waals surface area contributed by atoms with Gasteiger partial charge in [0.05, 0.1) is 10.5 Å². The normalized spacial score (nSPS) is 10.3. The van der Waals surface area contributed by atoms with Crippen molar-refractivity contribution in [3.8, 4) is 11.6 Å². The third kappa shape index (κ3) is 2.63. The first kappa shape index (κ1) is 13.7. The van der Waals surface area contributed by atoms with Crippen molar-refractivity contribution in [2.45, 2.75) is 13.8 Å². The number of nitrogens with zero attached hydrogens (tertiary/aromatic N) is 3. The SMILES string of the molecule is Cc1nc(N)c(C)c(Oc2ccc([N+](=O)[O-])c(F)c2)n1. The van der Waals surface area contributed by atoms with Gasteiger partial charge in [-0.05, 0) is 19.9 Å². The molecule has 0 atom stereocenters. The lowest BCUT2D eigenvalue weighted by Crippen LogP contribution is -2.02. The zero-order chi connectivity index (χ0) is 14.9. The monoisotopic (exact) mass is 278 g/mol. The van der Waals surface area contributed by atoms with Crippen molar-refractivity contribution in [1.82, 2.24) is 9.97 Å². The van der Waals surface area contributed by atoms with E-state index < -0.39 is 16.4 Å². The van der Waals surface area contributed by atoms with Crippen LogP contribution in [0.5, 0.6) is 11.6 Å². The van der Waals surface area contributed by atoms with E-state index in [4.69, 9.17) is 10.5 Å². The number of ether oxygens (including phenoxy) is 1. The first-order chi connectivity index (χ1) is 9.38. The Morgan fingerprint density at radius 3 is 2.65 bits per heavy atom. The number of benzene rings is 1. The molecule has 20 heavy (non-hydrogen) atoms. The molecule has 0 saturated heterocycles. The van der Waals surface area contributed by atoms with E-state index in [9.17, 15) is 14.5 Å². The van der Waals surface area contributed by atoms with Gasteiger partial charge in [0, 0.05) is 12.1 Å². The Morgan fingerprint density at radius 2 is 2.05 bits per heavy atom. The number of halogens is 1. The molecule has 104 valence electrons. The molecular weight excluding hydrogens is 267 g/mol. The van der Waals surface area contributed by atoms with Crippen molar-refractivity contribution < 1.29 is 14.1 Å². The second kappa shape index (κ2) is 5.08. The number of aryl methyl sites for hydroxylation is 1. The van der Waals surface area contributed by atoms with Crippen molar-refractivity contribution in [2.24, 2.45) is 0 Å². The standard InChI is InChI=1S/C12H11FN4O3/c1-6-11(14)15-7(2)16-12(6)20-8-3-4-10(17(18)19)9(13)5-8/h3-5H,1-2H3,(H2,14,15,16). The summed E-state index contributed by atoms with van der Waals surface area (Å²) in [6.07, 6.45) is 0. The topological polar surface area (TPSA) is 104 Å². The number of nitrogens with two attached hydrogens (primary N) is 1. The zero-order valence-corrected chi connectivity index (χ0v) is 10.8. The van der Waals surface area contributed by atoms with Crippen molar-refractivity contribution in [2.75, 3.05) is 5.73 Å². The molecule has 0 saturated carbocycles. The molecule has 0 fully saturated rings. The molecule has 2 N–H and O–H groups in total. The summed E-state index contributed by atoms with van der Waals surface area (Å²) in [6.45, 7) is 3.30. The van der Waals surface area contributed by atoms with Crippen molar-refractivity contribution in [3.05, 3.63) is 45.5 Å². The summed E-state index contributed by atoms with van der Waals surface area (Å²) >= 11 is 0. The predicted octanol–water partition coefficient (Wildman–Crippen LogP) is 2.52. The molecule has 1 aromatic heterocycles. The minimum Gasteiger partial charge on any atom is -0.438 e. The van der Waals surface area contributed by atoms with Crippen LogP contribution < -0.4 is 10.5 Å². The molecule has 1 aromatic carbocycles. The maximum absolute atomic E-state index is 13.5. The smallest absolute Gasteiger partial charge is 0.305 e. The van der Waals surface area contributed by atoms with Gasteiger partial charge in [0.25, 0.3) is 0 Å². The molecule has 0 unspecified atom stereocenters. The third-order valence-electron chi connectivity index (χ3n) is 2.58. The van der Waals surface area contributed by atoms with Crippen LogP contribution in [0.15, 0.2) is 18.2 Å². The number of rotatable bonds is 3. The highest BCUT2D eigenvalue weighted by Gasteiger charge is 2.16. The Labute approximate surface area is 113 Å². The number of nitrogen functional groups attached to an aromatic ring is 1. The quantitative estimate of drug-likeness (QED) is 0.683. The summed E-state index contributed by atoms with van der Waals surface area (Å²) in [5, 5.41) is 10.5. The fourth-order valence-corrected chi connectivity index (χ4v) is 1.53. The second-order valence-electron chi connectivity index (χ2n) is 4.06. The van der Waals surface area contributed by atoms with Crippen molar-refractivity contribution in [1.29, 1.82) is 0 Å². The summed E-state index contributed by atoms with van der Waals surface area (Å²) in [5.41, 5.74) is 5.56. The van der Waals surface area contributed by atoms with Crippen LogP contribution in [0, 0.1) is 29.8 Å². The van der Waals surface area contributed by atoms with Crippen LogP contribution in [0.1, 0.15) is 11.4 Å². The van der Waals surface area contributed by atoms with Crippen LogP contribution in [-0.2, 0) is 0 Å². The molecule has 2 rings (SSSR count). The first-order valence-corrected chi connectivity index (χ1v) is 5.61. The van der Waals surface area contributed by atoms with Gasteiger partial charge in [0.2, 0.25) is 11.7 Å². The van der Waals surface area contributed by atoms with Gasteiger partial charge < -0.3 is 10.5 Å². The highest BCUT2D eigenvalue weighted by atomic mass is 19.1. The lowest BCUT2D eigenvalue weighted by molar-refractivity contribution is -0.387. The van der Waals surface area contributed by atoms with Crippen LogP contribution in [0.3, 0.4) is 0 Å². The van der Waals surface area contributed by atoms with Gasteiger partial charge in [-0.3, -0.25) is 10.1 Å². The largest absolute Gasteiger partial charge is 0.438 e. The van der Waals surface area contributed by atoms with E-state index in [0.717, 1.165) is 12.1 Å². The molecule has 0 amide bonds. The van der Waals surface area contributed by atoms with Crippen LogP contribution in [-0.4, -0.2) is 14.9 Å². The van der Waals surface area contributed by atoms with E-state index in [0.29, 0.717) is 11.4 Å². The van der Waals surface area contributed by atoms with E-state index >= 15 is 0 Å². The molecule has 0 aliphatic rings. The number of nitro groups is 1. The van der Waals surface area contributed by atoms with E-state index in [1.807, 2.05) is 0 Å². The Morgan fingerprint density at radius 1 is 1.35 bits per heavy atom. The lowest BCUT2D eigenvalue weighted by atomic mass is 10.3. The molecule has 0 aliphatic carbocycles. The van der Waals surface area contributed by atoms with Crippen molar-refractivity contribution >= 4 is 11.5 Å². The molecule has 1 heterocycles. The highest BCUT2D eigenvalue weighted by molar-refractivity contribution is 5.46. The summed E-state index contributed by atoms with van der Waals surface area (Å²) in [7, 11) is 0. The van der Waals surface area contributed by atoms with Crippen LogP contribution in [0.4, 0.5) is 15.9 Å². The third-order valence-corrected chi connectivity index (χ3v) is 2.58. The number of aromatic nitrogens is 2. The van der Waals surface area contributed by atoms with E-state index in [2.05, 4.69) is 9.97 Å². The molecule has 2 aromatic rings. The number of hydrogen-bond donors (Lipinski definition) is 1. The van der Waals surface area contributed by atoms with E-state index in [1.165, 1.54) is 6.07 Å². The molecular formula is C12H11FN4O3. The number of nitro benzene ring substituents is 1. The average Bonchev–Trinajstić information content (AvgIpc) is 2.35. The van der Waals surface area contributed by atoms with Gasteiger partial charge in [-0.2, -0.15) is 9.37 Å². The Hall–Kier alpha value is -2.77. The Balaban J connectivity index is 2.36. The molecule has 8 heteroatoms. The van der Waals surface area contributed by atoms with Crippen molar-refractivity contribution in [3.63, 3.8) is 0 Å². The zero-order valence-electron chi connectivity index (χ0n) is 10.8. The molecule has 7 nitrogen and oxygen atoms in total. The highest BCUT2D eigenvalue weighted by Crippen LogP contribution is 2.28. The van der Waals surface area contributed by atoms with Gasteiger partial charge >= 0.3 is 5.69 Å². The van der Waals surface area contributed by atoms with Gasteiger partial charge in [-0.1, -0.05) is 0 Å². The average molecular weight is 278 g/mol. The fourth-order valence-electron chi connectivity index (χ4n) is 1.53. The Kier molecular flexibility index (Phi) is 3.47. The molecule has 0 radical (unpaired) electrons. The maximum Gasteiger partial charge on any atom is 0.305 e. The van der Waals surface area contributed by atoms with E-state index in [-0.39, 0.29) is 17.4 Å². The molecule has 0 spiro atoms. The fraction of sp³-hybridized carbons (Fsp3) is 0.167. The van der Waals surface area contributed by atoms with Crippen LogP contribution in [0.2, 0.25) is 0 Å². The van der Waals surface area contributed by atoms with Gasteiger partial charge in [-0.15, -0.1) is 0 Å². The number of hydrogen-bond acceptors (Lipinski definition) is 6. The second-order valence-corrected chi connectivity index (χ2v) is 4.06. The summed E-state index contributed by atoms with van der Waals surface area (Å²) in [6, 6.07) is 3.23. The molecule has 0 bridgehead atoms. The van der Waals surface area contributed by atoms with Gasteiger partial charge in [0.15, 0.2) is 0 Å². The van der Waals surface area contributed by atoms with E-state index in [1.54, 1.807) is 13.8 Å². The van der Waals surface area contributed by atoms with Gasteiger partial charge in [-0.25, -0.2) is 4.98 Å². The summed E-state index contributed by atoms with van der Waals surface area (Å²) in [5.74, 6) is -0.0405. The number of anilines is 1.